The predicted molar refractivity (Wildman–Crippen MR) is 105 cm³/mol. The van der Waals surface area contributed by atoms with E-state index >= 15 is 0 Å². The van der Waals surface area contributed by atoms with Crippen molar-refractivity contribution in [1.29, 1.82) is 0 Å². The molecule has 0 unspecified atom stereocenters. The standard InChI is InChI=1S/C20H30N4O3/c1-22(20(26)16-23-9-3-2-4-10-23)15-19(25)21-17-5-7-18(8-6-17)24-11-13-27-14-12-24/h5-8H,2-4,9-16H2,1H3,(H,21,25)/p+1. The van der Waals surface area contributed by atoms with Crippen molar-refractivity contribution in [3.05, 3.63) is 24.3 Å². The van der Waals surface area contributed by atoms with Crippen LogP contribution in [0.4, 0.5) is 11.4 Å². The summed E-state index contributed by atoms with van der Waals surface area (Å²) in [4.78, 5) is 29.7. The molecule has 0 aliphatic carbocycles. The number of ether oxygens (including phenoxy) is 1. The smallest absolute Gasteiger partial charge is 0.277 e. The highest BCUT2D eigenvalue weighted by Gasteiger charge is 2.21. The first-order valence-corrected chi connectivity index (χ1v) is 9.92. The number of carbonyl (C=O) groups excluding carboxylic acids is 2. The van der Waals surface area contributed by atoms with Crippen molar-refractivity contribution in [2.45, 2.75) is 19.3 Å². The summed E-state index contributed by atoms with van der Waals surface area (Å²) >= 11 is 0. The monoisotopic (exact) mass is 375 g/mol. The van der Waals surface area contributed by atoms with Crippen molar-refractivity contribution in [3.63, 3.8) is 0 Å². The summed E-state index contributed by atoms with van der Waals surface area (Å²) in [6, 6.07) is 7.83. The highest BCUT2D eigenvalue weighted by molar-refractivity contribution is 5.94. The van der Waals surface area contributed by atoms with Crippen LogP contribution in [-0.4, -0.2) is 76.2 Å². The number of piperidine rings is 1. The molecule has 148 valence electrons. The second kappa shape index (κ2) is 9.71. The Morgan fingerprint density at radius 3 is 2.44 bits per heavy atom. The van der Waals surface area contributed by atoms with E-state index in [1.165, 1.54) is 29.1 Å². The molecule has 0 atom stereocenters. The van der Waals surface area contributed by atoms with E-state index in [0.29, 0.717) is 6.54 Å². The minimum absolute atomic E-state index is 0.0321. The number of rotatable bonds is 6. The maximum Gasteiger partial charge on any atom is 0.277 e. The molecule has 0 spiro atoms. The number of hydrogen-bond acceptors (Lipinski definition) is 4. The molecular weight excluding hydrogens is 344 g/mol. The lowest BCUT2D eigenvalue weighted by Crippen LogP contribution is -3.13. The highest BCUT2D eigenvalue weighted by atomic mass is 16.5. The number of anilines is 2. The summed E-state index contributed by atoms with van der Waals surface area (Å²) in [5, 5.41) is 2.88. The van der Waals surface area contributed by atoms with Crippen LogP contribution in [0.5, 0.6) is 0 Å². The van der Waals surface area contributed by atoms with Crippen molar-refractivity contribution in [1.82, 2.24) is 4.90 Å². The summed E-state index contributed by atoms with van der Waals surface area (Å²) in [5.41, 5.74) is 1.88. The zero-order valence-electron chi connectivity index (χ0n) is 16.2. The molecule has 2 aliphatic rings. The topological polar surface area (TPSA) is 66.3 Å². The van der Waals surface area contributed by atoms with E-state index in [-0.39, 0.29) is 18.4 Å². The van der Waals surface area contributed by atoms with E-state index in [0.717, 1.165) is 50.8 Å². The average Bonchev–Trinajstić information content (AvgIpc) is 2.70. The maximum absolute atomic E-state index is 12.3. The van der Waals surface area contributed by atoms with E-state index in [1.54, 1.807) is 7.05 Å². The summed E-state index contributed by atoms with van der Waals surface area (Å²) < 4.78 is 5.37. The van der Waals surface area contributed by atoms with Gasteiger partial charge in [0.15, 0.2) is 6.54 Å². The van der Waals surface area contributed by atoms with Crippen molar-refractivity contribution in [3.8, 4) is 0 Å². The molecule has 0 saturated carbocycles. The van der Waals surface area contributed by atoms with Crippen LogP contribution in [0.1, 0.15) is 19.3 Å². The molecule has 0 radical (unpaired) electrons. The van der Waals surface area contributed by atoms with Crippen molar-refractivity contribution < 1.29 is 19.2 Å². The van der Waals surface area contributed by atoms with Gasteiger partial charge < -0.3 is 24.8 Å². The lowest BCUT2D eigenvalue weighted by molar-refractivity contribution is -0.897. The summed E-state index contributed by atoms with van der Waals surface area (Å²) in [5.74, 6) is -0.136. The van der Waals surface area contributed by atoms with Crippen LogP contribution in [0, 0.1) is 0 Å². The number of quaternary nitrogens is 1. The van der Waals surface area contributed by atoms with Gasteiger partial charge >= 0.3 is 0 Å². The molecule has 1 aromatic rings. The molecular formula is C20H31N4O3+. The fourth-order valence-corrected chi connectivity index (χ4v) is 3.66. The van der Waals surface area contributed by atoms with Crippen LogP contribution in [0.3, 0.4) is 0 Å². The first kappa shape index (κ1) is 19.6. The van der Waals surface area contributed by atoms with Crippen molar-refractivity contribution >= 4 is 23.2 Å². The van der Waals surface area contributed by atoms with Crippen LogP contribution >= 0.6 is 0 Å². The Kier molecular flexibility index (Phi) is 7.06. The molecule has 1 aromatic carbocycles. The van der Waals surface area contributed by atoms with Gasteiger partial charge in [-0.05, 0) is 43.5 Å². The van der Waals surface area contributed by atoms with Crippen LogP contribution in [0.15, 0.2) is 24.3 Å². The Balaban J connectivity index is 1.44. The third-order valence-corrected chi connectivity index (χ3v) is 5.30. The Bertz CT molecular complexity index is 623. The molecule has 2 N–H and O–H groups in total. The molecule has 27 heavy (non-hydrogen) atoms. The number of amides is 2. The third kappa shape index (κ3) is 5.94. The fraction of sp³-hybridized carbons (Fsp3) is 0.600. The molecule has 7 heteroatoms. The van der Waals surface area contributed by atoms with Gasteiger partial charge in [-0.3, -0.25) is 9.59 Å². The van der Waals surface area contributed by atoms with Crippen LogP contribution in [0.25, 0.3) is 0 Å². The predicted octanol–water partition coefficient (Wildman–Crippen LogP) is -0.0111. The van der Waals surface area contributed by atoms with Gasteiger partial charge in [-0.15, -0.1) is 0 Å². The first-order valence-electron chi connectivity index (χ1n) is 9.92. The Morgan fingerprint density at radius 1 is 1.11 bits per heavy atom. The van der Waals surface area contributed by atoms with Crippen LogP contribution in [-0.2, 0) is 14.3 Å². The SMILES string of the molecule is CN(CC(=O)Nc1ccc(N2CCOCC2)cc1)C(=O)C[NH+]1CCCCC1. The van der Waals surface area contributed by atoms with E-state index in [2.05, 4.69) is 10.2 Å². The molecule has 2 aliphatic heterocycles. The molecule has 2 amide bonds. The lowest BCUT2D eigenvalue weighted by atomic mass is 10.1. The van der Waals surface area contributed by atoms with Gasteiger partial charge in [0, 0.05) is 31.5 Å². The number of hydrogen-bond donors (Lipinski definition) is 2. The highest BCUT2D eigenvalue weighted by Crippen LogP contribution is 2.19. The molecule has 7 nitrogen and oxygen atoms in total. The summed E-state index contributed by atoms with van der Waals surface area (Å²) in [7, 11) is 1.70. The second-order valence-corrected chi connectivity index (χ2v) is 7.43. The summed E-state index contributed by atoms with van der Waals surface area (Å²) in [6.07, 6.45) is 3.64. The minimum atomic E-state index is -0.168. The van der Waals surface area contributed by atoms with Gasteiger partial charge in [-0.25, -0.2) is 0 Å². The third-order valence-electron chi connectivity index (χ3n) is 5.30. The summed E-state index contributed by atoms with van der Waals surface area (Å²) in [6.45, 7) is 5.95. The molecule has 2 saturated heterocycles. The number of benzene rings is 1. The lowest BCUT2D eigenvalue weighted by Gasteiger charge is -2.29. The van der Waals surface area contributed by atoms with Gasteiger partial charge in [0.05, 0.1) is 32.8 Å². The molecule has 2 heterocycles. The number of nitrogens with one attached hydrogen (secondary N) is 2. The van der Waals surface area contributed by atoms with Crippen LogP contribution in [0.2, 0.25) is 0 Å². The van der Waals surface area contributed by atoms with Gasteiger partial charge in [-0.2, -0.15) is 0 Å². The van der Waals surface area contributed by atoms with E-state index in [4.69, 9.17) is 4.74 Å². The zero-order valence-corrected chi connectivity index (χ0v) is 16.2. The van der Waals surface area contributed by atoms with Gasteiger partial charge in [0.2, 0.25) is 5.91 Å². The van der Waals surface area contributed by atoms with Gasteiger partial charge in [0.25, 0.3) is 5.91 Å². The number of nitrogens with zero attached hydrogens (tertiary/aromatic N) is 2. The first-order chi connectivity index (χ1) is 13.1. The second-order valence-electron chi connectivity index (χ2n) is 7.43. The Labute approximate surface area is 161 Å². The number of morpholine rings is 1. The van der Waals surface area contributed by atoms with Gasteiger partial charge in [-0.1, -0.05) is 0 Å². The maximum atomic E-state index is 12.3. The fourth-order valence-electron chi connectivity index (χ4n) is 3.66. The Hall–Kier alpha value is -2.12. The van der Waals surface area contributed by atoms with E-state index in [1.807, 2.05) is 24.3 Å². The molecule has 0 bridgehead atoms. The normalized spacial score (nSPS) is 18.2. The van der Waals surface area contributed by atoms with Crippen LogP contribution < -0.4 is 15.1 Å². The average molecular weight is 375 g/mol. The quantitative estimate of drug-likeness (QED) is 0.734. The van der Waals surface area contributed by atoms with Crippen molar-refractivity contribution in [2.75, 3.05) is 69.7 Å². The molecule has 0 aromatic heterocycles. The zero-order chi connectivity index (χ0) is 19.1. The van der Waals surface area contributed by atoms with E-state index in [9.17, 15) is 9.59 Å². The van der Waals surface area contributed by atoms with Crippen molar-refractivity contribution in [2.24, 2.45) is 0 Å². The number of likely N-dealkylation sites (N-methyl/N-ethyl adjacent to an activating group) is 1. The number of carbonyl (C=O) groups is 2. The number of likely N-dealkylation sites (tertiary alicyclic amines) is 1. The van der Waals surface area contributed by atoms with Gasteiger partial charge in [0.1, 0.15) is 0 Å². The molecule has 2 fully saturated rings. The molecule has 3 rings (SSSR count). The largest absolute Gasteiger partial charge is 0.378 e. The Morgan fingerprint density at radius 2 is 1.78 bits per heavy atom. The van der Waals surface area contributed by atoms with E-state index < -0.39 is 0 Å². The minimum Gasteiger partial charge on any atom is -0.378 e.